The van der Waals surface area contributed by atoms with Crippen LogP contribution in [0.5, 0.6) is 11.5 Å². The highest BCUT2D eigenvalue weighted by atomic mass is 16.6. The third kappa shape index (κ3) is 3.33. The van der Waals surface area contributed by atoms with Gasteiger partial charge in [-0.15, -0.1) is 0 Å². The summed E-state index contributed by atoms with van der Waals surface area (Å²) in [4.78, 5) is 15.2. The number of amides is 1. The number of fused-ring (bicyclic) bond motifs is 2. The summed E-state index contributed by atoms with van der Waals surface area (Å²) >= 11 is 0. The number of aromatic nitrogens is 1. The van der Waals surface area contributed by atoms with Gasteiger partial charge in [0.15, 0.2) is 11.5 Å². The molecule has 1 aliphatic rings. The van der Waals surface area contributed by atoms with Crippen molar-refractivity contribution in [2.75, 3.05) is 13.2 Å². The molecule has 0 fully saturated rings. The number of benzene rings is 2. The molecule has 4 rings (SSSR count). The first kappa shape index (κ1) is 15.3. The van der Waals surface area contributed by atoms with E-state index >= 15 is 0 Å². The highest BCUT2D eigenvalue weighted by Crippen LogP contribution is 2.30. The Morgan fingerprint density at radius 3 is 2.92 bits per heavy atom. The van der Waals surface area contributed by atoms with Crippen LogP contribution in [-0.4, -0.2) is 30.3 Å². The van der Waals surface area contributed by atoms with E-state index in [1.165, 1.54) is 0 Å². The Bertz CT molecular complexity index is 946. The topological polar surface area (TPSA) is 75.7 Å². The highest BCUT2D eigenvalue weighted by Gasteiger charge is 2.13. The van der Waals surface area contributed by atoms with Crippen molar-refractivity contribution in [1.82, 2.24) is 10.4 Å². The van der Waals surface area contributed by atoms with Crippen LogP contribution in [0.2, 0.25) is 0 Å². The van der Waals surface area contributed by atoms with Crippen LogP contribution in [0.4, 0.5) is 0 Å². The zero-order chi connectivity index (χ0) is 17.1. The first-order valence-electron chi connectivity index (χ1n) is 8.06. The number of rotatable bonds is 4. The molecule has 6 heteroatoms. The van der Waals surface area contributed by atoms with Crippen LogP contribution < -0.4 is 14.9 Å². The lowest BCUT2D eigenvalue weighted by atomic mass is 10.1. The SMILES string of the molecule is O=C(Cc1ccc2c(c1)OCCO2)NN=Cc1c[nH]c2ccccc12. The van der Waals surface area contributed by atoms with Crippen LogP contribution in [0.15, 0.2) is 53.8 Å². The number of nitrogens with one attached hydrogen (secondary N) is 2. The zero-order valence-electron chi connectivity index (χ0n) is 13.5. The molecule has 25 heavy (non-hydrogen) atoms. The van der Waals surface area contributed by atoms with Gasteiger partial charge < -0.3 is 14.5 Å². The van der Waals surface area contributed by atoms with E-state index in [4.69, 9.17) is 9.47 Å². The van der Waals surface area contributed by atoms with Gasteiger partial charge in [0.1, 0.15) is 13.2 Å². The van der Waals surface area contributed by atoms with Gasteiger partial charge in [0, 0.05) is 22.7 Å². The van der Waals surface area contributed by atoms with Crippen LogP contribution in [0, 0.1) is 0 Å². The number of carbonyl (C=O) groups excluding carboxylic acids is 1. The summed E-state index contributed by atoms with van der Waals surface area (Å²) in [6, 6.07) is 13.4. The zero-order valence-corrected chi connectivity index (χ0v) is 13.5. The molecular formula is C19H17N3O3. The van der Waals surface area contributed by atoms with E-state index in [1.54, 1.807) is 6.21 Å². The van der Waals surface area contributed by atoms with E-state index in [0.29, 0.717) is 24.7 Å². The summed E-state index contributed by atoms with van der Waals surface area (Å²) in [5.41, 5.74) is 5.37. The smallest absolute Gasteiger partial charge is 0.244 e. The maximum Gasteiger partial charge on any atom is 0.244 e. The summed E-state index contributed by atoms with van der Waals surface area (Å²) in [5.74, 6) is 1.21. The first-order chi connectivity index (χ1) is 12.3. The Hall–Kier alpha value is -3.28. The Morgan fingerprint density at radius 1 is 1.16 bits per heavy atom. The van der Waals surface area contributed by atoms with Crippen molar-refractivity contribution < 1.29 is 14.3 Å². The van der Waals surface area contributed by atoms with Gasteiger partial charge in [0.2, 0.25) is 5.91 Å². The molecule has 2 N–H and O–H groups in total. The number of H-pyrrole nitrogens is 1. The predicted molar refractivity (Wildman–Crippen MR) is 95.2 cm³/mol. The minimum Gasteiger partial charge on any atom is -0.486 e. The van der Waals surface area contributed by atoms with E-state index < -0.39 is 0 Å². The highest BCUT2D eigenvalue weighted by molar-refractivity contribution is 5.99. The molecule has 126 valence electrons. The lowest BCUT2D eigenvalue weighted by Crippen LogP contribution is -2.20. The van der Waals surface area contributed by atoms with E-state index in [9.17, 15) is 4.79 Å². The maximum absolute atomic E-state index is 12.1. The summed E-state index contributed by atoms with van der Waals surface area (Å²) in [5, 5.41) is 5.11. The lowest BCUT2D eigenvalue weighted by Gasteiger charge is -2.18. The molecule has 0 saturated heterocycles. The Labute approximate surface area is 144 Å². The van der Waals surface area contributed by atoms with Crippen LogP contribution in [0.1, 0.15) is 11.1 Å². The Balaban J connectivity index is 1.39. The van der Waals surface area contributed by atoms with E-state index in [1.807, 2.05) is 48.7 Å². The normalized spacial score (nSPS) is 13.3. The van der Waals surface area contributed by atoms with Crippen molar-refractivity contribution in [3.8, 4) is 11.5 Å². The molecule has 6 nitrogen and oxygen atoms in total. The van der Waals surface area contributed by atoms with Crippen molar-refractivity contribution in [2.24, 2.45) is 5.10 Å². The second-order valence-corrected chi connectivity index (χ2v) is 5.74. The third-order valence-corrected chi connectivity index (χ3v) is 3.99. The standard InChI is InChI=1S/C19H17N3O3/c23-19(10-13-5-6-17-18(9-13)25-8-7-24-17)22-21-12-14-11-20-16-4-2-1-3-15(14)16/h1-6,9,11-12,20H,7-8,10H2,(H,22,23). The van der Waals surface area contributed by atoms with Gasteiger partial charge in [-0.25, -0.2) is 5.43 Å². The second-order valence-electron chi connectivity index (χ2n) is 5.74. The molecule has 1 amide bonds. The number of ether oxygens (including phenoxy) is 2. The third-order valence-electron chi connectivity index (χ3n) is 3.99. The fourth-order valence-corrected chi connectivity index (χ4v) is 2.80. The van der Waals surface area contributed by atoms with Gasteiger partial charge in [-0.2, -0.15) is 5.10 Å². The minimum atomic E-state index is -0.187. The van der Waals surface area contributed by atoms with Crippen molar-refractivity contribution in [2.45, 2.75) is 6.42 Å². The second kappa shape index (κ2) is 6.68. The average Bonchev–Trinajstić information content (AvgIpc) is 3.05. The molecule has 0 unspecified atom stereocenters. The van der Waals surface area contributed by atoms with Crippen molar-refractivity contribution in [3.05, 3.63) is 59.8 Å². The number of aromatic amines is 1. The average molecular weight is 335 g/mol. The molecule has 0 spiro atoms. The Morgan fingerprint density at radius 2 is 2.00 bits per heavy atom. The fraction of sp³-hybridized carbons (Fsp3) is 0.158. The maximum atomic E-state index is 12.1. The van der Waals surface area contributed by atoms with Gasteiger partial charge >= 0.3 is 0 Å². The van der Waals surface area contributed by atoms with E-state index in [0.717, 1.165) is 22.0 Å². The molecule has 2 heterocycles. The van der Waals surface area contributed by atoms with E-state index in [-0.39, 0.29) is 12.3 Å². The summed E-state index contributed by atoms with van der Waals surface area (Å²) in [6.45, 7) is 1.08. The molecule has 0 aliphatic carbocycles. The summed E-state index contributed by atoms with van der Waals surface area (Å²) in [6.07, 6.45) is 3.73. The molecule has 0 bridgehead atoms. The molecule has 3 aromatic rings. The number of para-hydroxylation sites is 1. The van der Waals surface area contributed by atoms with Crippen molar-refractivity contribution >= 4 is 23.0 Å². The lowest BCUT2D eigenvalue weighted by molar-refractivity contribution is -0.120. The molecule has 0 radical (unpaired) electrons. The van der Waals surface area contributed by atoms with Crippen LogP contribution in [0.25, 0.3) is 10.9 Å². The monoisotopic (exact) mass is 335 g/mol. The van der Waals surface area contributed by atoms with Crippen LogP contribution >= 0.6 is 0 Å². The number of hydrogen-bond acceptors (Lipinski definition) is 4. The molecule has 2 aromatic carbocycles. The largest absolute Gasteiger partial charge is 0.486 e. The number of nitrogens with zero attached hydrogens (tertiary/aromatic N) is 1. The molecule has 1 aliphatic heterocycles. The summed E-state index contributed by atoms with van der Waals surface area (Å²) < 4.78 is 11.0. The quantitative estimate of drug-likeness (QED) is 0.568. The number of hydrogen-bond donors (Lipinski definition) is 2. The van der Waals surface area contributed by atoms with Gasteiger partial charge in [0.25, 0.3) is 0 Å². The van der Waals surface area contributed by atoms with Crippen molar-refractivity contribution in [1.29, 1.82) is 0 Å². The first-order valence-corrected chi connectivity index (χ1v) is 8.06. The van der Waals surface area contributed by atoms with Crippen LogP contribution in [0.3, 0.4) is 0 Å². The van der Waals surface area contributed by atoms with Crippen molar-refractivity contribution in [3.63, 3.8) is 0 Å². The van der Waals surface area contributed by atoms with Gasteiger partial charge in [0.05, 0.1) is 12.6 Å². The van der Waals surface area contributed by atoms with Gasteiger partial charge in [-0.3, -0.25) is 4.79 Å². The van der Waals surface area contributed by atoms with Crippen LogP contribution in [-0.2, 0) is 11.2 Å². The fourth-order valence-electron chi connectivity index (χ4n) is 2.80. The number of carbonyl (C=O) groups is 1. The van der Waals surface area contributed by atoms with E-state index in [2.05, 4.69) is 15.5 Å². The summed E-state index contributed by atoms with van der Waals surface area (Å²) in [7, 11) is 0. The Kier molecular flexibility index (Phi) is 4.08. The molecule has 0 atom stereocenters. The van der Waals surface area contributed by atoms with Gasteiger partial charge in [-0.05, 0) is 23.8 Å². The predicted octanol–water partition coefficient (Wildman–Crippen LogP) is 2.63. The minimum absolute atomic E-state index is 0.187. The number of hydrazone groups is 1. The molecule has 1 aromatic heterocycles. The van der Waals surface area contributed by atoms with Gasteiger partial charge in [-0.1, -0.05) is 24.3 Å². The molecular weight excluding hydrogens is 318 g/mol. The molecule has 0 saturated carbocycles.